The standard InChI is InChI=1S/C13H15N5O/c1-7-4-10-12(15-5-7)18(13(14)17-10)6-11-16-8(2)9(3)19-11/h4-5H,6H2,1-3H3,(H2,14,17). The summed E-state index contributed by atoms with van der Waals surface area (Å²) in [4.78, 5) is 13.0. The number of imidazole rings is 1. The van der Waals surface area contributed by atoms with Crippen molar-refractivity contribution >= 4 is 17.1 Å². The molecule has 0 saturated heterocycles. The molecule has 3 aromatic rings. The number of hydrogen-bond acceptors (Lipinski definition) is 5. The highest BCUT2D eigenvalue weighted by molar-refractivity contribution is 5.74. The summed E-state index contributed by atoms with van der Waals surface area (Å²) in [6.07, 6.45) is 1.80. The molecule has 6 heteroatoms. The molecule has 0 spiro atoms. The Labute approximate surface area is 110 Å². The molecular formula is C13H15N5O. The molecule has 3 heterocycles. The lowest BCUT2D eigenvalue weighted by atomic mass is 10.3. The summed E-state index contributed by atoms with van der Waals surface area (Å²) in [5.41, 5.74) is 9.42. The van der Waals surface area contributed by atoms with Crippen LogP contribution in [0.25, 0.3) is 11.2 Å². The maximum absolute atomic E-state index is 5.94. The van der Waals surface area contributed by atoms with E-state index in [0.717, 1.165) is 28.2 Å². The molecule has 0 aromatic carbocycles. The number of oxazole rings is 1. The van der Waals surface area contributed by atoms with Gasteiger partial charge in [-0.1, -0.05) is 0 Å². The van der Waals surface area contributed by atoms with Crippen molar-refractivity contribution in [2.75, 3.05) is 5.73 Å². The highest BCUT2D eigenvalue weighted by Crippen LogP contribution is 2.19. The molecule has 98 valence electrons. The van der Waals surface area contributed by atoms with Crippen molar-refractivity contribution in [1.82, 2.24) is 19.5 Å². The quantitative estimate of drug-likeness (QED) is 0.759. The highest BCUT2D eigenvalue weighted by Gasteiger charge is 2.13. The van der Waals surface area contributed by atoms with E-state index in [9.17, 15) is 0 Å². The summed E-state index contributed by atoms with van der Waals surface area (Å²) in [5.74, 6) is 1.85. The number of anilines is 1. The fourth-order valence-electron chi connectivity index (χ4n) is 2.03. The molecule has 2 N–H and O–H groups in total. The van der Waals surface area contributed by atoms with Crippen LogP contribution >= 0.6 is 0 Å². The third-order valence-electron chi connectivity index (χ3n) is 3.12. The monoisotopic (exact) mass is 257 g/mol. The number of aromatic nitrogens is 4. The number of nitrogens with two attached hydrogens (primary N) is 1. The first kappa shape index (κ1) is 11.7. The third-order valence-corrected chi connectivity index (χ3v) is 3.12. The van der Waals surface area contributed by atoms with Gasteiger partial charge in [0.2, 0.25) is 11.8 Å². The van der Waals surface area contributed by atoms with Crippen LogP contribution in [-0.4, -0.2) is 19.5 Å². The molecule has 0 atom stereocenters. The van der Waals surface area contributed by atoms with Gasteiger partial charge in [-0.25, -0.2) is 15.0 Å². The predicted octanol–water partition coefficient (Wildman–Crippen LogP) is 1.98. The minimum Gasteiger partial charge on any atom is -0.444 e. The van der Waals surface area contributed by atoms with Crippen molar-refractivity contribution < 1.29 is 4.42 Å². The molecule has 3 rings (SSSR count). The van der Waals surface area contributed by atoms with E-state index >= 15 is 0 Å². The summed E-state index contributed by atoms with van der Waals surface area (Å²) in [7, 11) is 0. The van der Waals surface area contributed by atoms with Gasteiger partial charge in [0, 0.05) is 6.20 Å². The molecule has 6 nitrogen and oxygen atoms in total. The Hall–Kier alpha value is -2.37. The second-order valence-corrected chi connectivity index (χ2v) is 4.66. The van der Waals surface area contributed by atoms with E-state index in [2.05, 4.69) is 15.0 Å². The number of nitrogens with zero attached hydrogens (tertiary/aromatic N) is 4. The lowest BCUT2D eigenvalue weighted by Gasteiger charge is -2.02. The number of aryl methyl sites for hydroxylation is 3. The van der Waals surface area contributed by atoms with Crippen molar-refractivity contribution in [3.63, 3.8) is 0 Å². The largest absolute Gasteiger partial charge is 0.444 e. The molecule has 0 unspecified atom stereocenters. The second-order valence-electron chi connectivity index (χ2n) is 4.66. The number of nitrogen functional groups attached to an aromatic ring is 1. The van der Waals surface area contributed by atoms with Gasteiger partial charge in [-0.15, -0.1) is 0 Å². The Balaban J connectivity index is 2.07. The van der Waals surface area contributed by atoms with Gasteiger partial charge in [0.05, 0.1) is 5.69 Å². The SMILES string of the molecule is Cc1cnc2c(c1)nc(N)n2Cc1nc(C)c(C)o1. The van der Waals surface area contributed by atoms with Gasteiger partial charge in [-0.3, -0.25) is 4.57 Å². The van der Waals surface area contributed by atoms with Crippen molar-refractivity contribution in [2.45, 2.75) is 27.3 Å². The van der Waals surface area contributed by atoms with Crippen LogP contribution in [0.1, 0.15) is 22.9 Å². The average Bonchev–Trinajstić information content (AvgIpc) is 2.81. The molecular weight excluding hydrogens is 242 g/mol. The van der Waals surface area contributed by atoms with Crippen molar-refractivity contribution in [3.05, 3.63) is 35.2 Å². The van der Waals surface area contributed by atoms with Gasteiger partial charge < -0.3 is 10.2 Å². The highest BCUT2D eigenvalue weighted by atomic mass is 16.4. The maximum Gasteiger partial charge on any atom is 0.214 e. The Morgan fingerprint density at radius 3 is 2.74 bits per heavy atom. The third kappa shape index (κ3) is 1.95. The second kappa shape index (κ2) is 4.08. The Morgan fingerprint density at radius 1 is 1.26 bits per heavy atom. The molecule has 0 aliphatic carbocycles. The van der Waals surface area contributed by atoms with Crippen LogP contribution in [0.5, 0.6) is 0 Å². The summed E-state index contributed by atoms with van der Waals surface area (Å²) in [6, 6.07) is 1.96. The van der Waals surface area contributed by atoms with Gasteiger partial charge >= 0.3 is 0 Å². The van der Waals surface area contributed by atoms with Gasteiger partial charge in [0.15, 0.2) is 5.65 Å². The van der Waals surface area contributed by atoms with Crippen LogP contribution in [0.4, 0.5) is 5.95 Å². The Morgan fingerprint density at radius 2 is 2.05 bits per heavy atom. The number of fused-ring (bicyclic) bond motifs is 1. The zero-order chi connectivity index (χ0) is 13.6. The van der Waals surface area contributed by atoms with Gasteiger partial charge in [-0.2, -0.15) is 0 Å². The summed E-state index contributed by atoms with van der Waals surface area (Å²) in [5, 5.41) is 0. The Kier molecular flexibility index (Phi) is 2.51. The molecule has 0 aliphatic heterocycles. The first-order valence-corrected chi connectivity index (χ1v) is 6.06. The zero-order valence-electron chi connectivity index (χ0n) is 11.1. The van der Waals surface area contributed by atoms with Crippen LogP contribution in [0, 0.1) is 20.8 Å². The van der Waals surface area contributed by atoms with Crippen LogP contribution in [0.2, 0.25) is 0 Å². The number of pyridine rings is 1. The van der Waals surface area contributed by atoms with E-state index in [4.69, 9.17) is 10.2 Å². The van der Waals surface area contributed by atoms with Crippen LogP contribution < -0.4 is 5.73 Å². The predicted molar refractivity (Wildman–Crippen MR) is 71.8 cm³/mol. The van der Waals surface area contributed by atoms with E-state index in [1.165, 1.54) is 0 Å². The molecule has 0 aliphatic rings. The van der Waals surface area contributed by atoms with Crippen molar-refractivity contribution in [1.29, 1.82) is 0 Å². The molecule has 0 saturated carbocycles. The first-order valence-electron chi connectivity index (χ1n) is 6.06. The van der Waals surface area contributed by atoms with E-state index in [-0.39, 0.29) is 0 Å². The van der Waals surface area contributed by atoms with Gasteiger partial charge in [0.1, 0.15) is 17.8 Å². The molecule has 19 heavy (non-hydrogen) atoms. The summed E-state index contributed by atoms with van der Waals surface area (Å²) >= 11 is 0. The minimum atomic E-state index is 0.418. The van der Waals surface area contributed by atoms with Crippen LogP contribution in [0.3, 0.4) is 0 Å². The molecule has 0 fully saturated rings. The van der Waals surface area contributed by atoms with E-state index in [1.807, 2.05) is 26.8 Å². The van der Waals surface area contributed by atoms with Gasteiger partial charge in [0.25, 0.3) is 0 Å². The summed E-state index contributed by atoms with van der Waals surface area (Å²) in [6.45, 7) is 6.22. The Bertz CT molecular complexity index is 736. The topological polar surface area (TPSA) is 82.8 Å². The zero-order valence-corrected chi connectivity index (χ0v) is 11.1. The smallest absolute Gasteiger partial charge is 0.214 e. The number of hydrogen-bond donors (Lipinski definition) is 1. The first-order chi connectivity index (χ1) is 9.04. The van der Waals surface area contributed by atoms with Crippen molar-refractivity contribution in [2.24, 2.45) is 0 Å². The average molecular weight is 257 g/mol. The van der Waals surface area contributed by atoms with Crippen LogP contribution in [0.15, 0.2) is 16.7 Å². The van der Waals surface area contributed by atoms with Crippen LogP contribution in [-0.2, 0) is 6.54 Å². The lowest BCUT2D eigenvalue weighted by Crippen LogP contribution is -2.05. The van der Waals surface area contributed by atoms with E-state index in [0.29, 0.717) is 18.4 Å². The lowest BCUT2D eigenvalue weighted by molar-refractivity contribution is 0.460. The number of rotatable bonds is 2. The maximum atomic E-state index is 5.94. The molecule has 0 radical (unpaired) electrons. The minimum absolute atomic E-state index is 0.418. The molecule has 0 amide bonds. The van der Waals surface area contributed by atoms with E-state index < -0.39 is 0 Å². The normalized spacial score (nSPS) is 11.3. The van der Waals surface area contributed by atoms with Crippen molar-refractivity contribution in [3.8, 4) is 0 Å². The van der Waals surface area contributed by atoms with E-state index in [1.54, 1.807) is 10.8 Å². The summed E-state index contributed by atoms with van der Waals surface area (Å²) < 4.78 is 7.38. The fourth-order valence-corrected chi connectivity index (χ4v) is 2.03. The molecule has 0 bridgehead atoms. The molecule has 3 aromatic heterocycles. The fraction of sp³-hybridized carbons (Fsp3) is 0.308. The van der Waals surface area contributed by atoms with Gasteiger partial charge in [-0.05, 0) is 32.4 Å².